The first-order chi connectivity index (χ1) is 15.5. The minimum absolute atomic E-state index is 0. The summed E-state index contributed by atoms with van der Waals surface area (Å²) < 4.78 is 0.800. The van der Waals surface area contributed by atoms with Crippen LogP contribution in [0.4, 0.5) is 5.69 Å². The van der Waals surface area contributed by atoms with E-state index in [1.807, 2.05) is 72.8 Å². The van der Waals surface area contributed by atoms with Gasteiger partial charge in [-0.05, 0) is 23.1 Å². The second kappa shape index (κ2) is 9.26. The Bertz CT molecular complexity index is 1060. The molecule has 5 nitrogen and oxygen atoms in total. The fourth-order valence-electron chi connectivity index (χ4n) is 6.15. The highest BCUT2D eigenvalue weighted by Crippen LogP contribution is 2.50. The Kier molecular flexibility index (Phi) is 6.57. The van der Waals surface area contributed by atoms with E-state index in [0.717, 1.165) is 53.6 Å². The zero-order valence-corrected chi connectivity index (χ0v) is 19.3. The third-order valence-electron chi connectivity index (χ3n) is 7.76. The van der Waals surface area contributed by atoms with Crippen molar-refractivity contribution in [1.82, 2.24) is 0 Å². The molecule has 3 aliphatic heterocycles. The molecule has 3 fully saturated rings. The molecule has 33 heavy (non-hydrogen) atoms. The molecule has 3 heterocycles. The molecule has 6 heteroatoms. The number of rotatable bonds is 6. The largest absolute Gasteiger partial charge is 1.00 e. The first kappa shape index (κ1) is 23.4. The Morgan fingerprint density at radius 1 is 0.879 bits per heavy atom. The molecule has 3 aromatic rings. The second-order valence-electron chi connectivity index (χ2n) is 9.46. The minimum Gasteiger partial charge on any atom is -1.00 e. The predicted octanol–water partition coefficient (Wildman–Crippen LogP) is 1.89. The van der Waals surface area contributed by atoms with Crippen molar-refractivity contribution in [3.8, 4) is 0 Å². The van der Waals surface area contributed by atoms with Crippen LogP contribution in [-0.2, 0) is 12.1 Å². The van der Waals surface area contributed by atoms with Crippen LogP contribution in [0.2, 0.25) is 0 Å². The number of quaternary nitrogens is 1. The summed E-state index contributed by atoms with van der Waals surface area (Å²) in [5.74, 6) is 0.490. The van der Waals surface area contributed by atoms with Crippen molar-refractivity contribution in [3.05, 3.63) is 112 Å². The maximum atomic E-state index is 12.4. The van der Waals surface area contributed by atoms with Crippen LogP contribution in [0.3, 0.4) is 0 Å². The zero-order valence-electron chi connectivity index (χ0n) is 18.5. The average molecular weight is 465 g/mol. The number of fused-ring (bicyclic) bond motifs is 3. The monoisotopic (exact) mass is 464 g/mol. The first-order valence-electron chi connectivity index (χ1n) is 11.4. The van der Waals surface area contributed by atoms with Crippen LogP contribution in [0.5, 0.6) is 0 Å². The summed E-state index contributed by atoms with van der Waals surface area (Å²) in [4.78, 5) is 11.3. The quantitative estimate of drug-likeness (QED) is 0.344. The number of hydrogen-bond acceptors (Lipinski definition) is 3. The van der Waals surface area contributed by atoms with Crippen LogP contribution in [0.1, 0.15) is 29.5 Å². The van der Waals surface area contributed by atoms with Crippen molar-refractivity contribution in [2.45, 2.75) is 25.0 Å². The summed E-state index contributed by atoms with van der Waals surface area (Å²) in [6, 6.07) is 27.1. The standard InChI is InChI=1S/C27H29N2O3.ClH/c30-27(23-10-3-1-4-11-23,24-12-5-2-6-13-24)25-20-29(17-15-21(25)16-18-29)19-22-9-7-8-14-26(22)28(31)32;/h1-14,21,25,30H,15-20H2;1H/q+1;/p-1. The highest BCUT2D eigenvalue weighted by atomic mass is 35.5. The molecule has 3 saturated heterocycles. The minimum atomic E-state index is -1.08. The average Bonchev–Trinajstić information content (AvgIpc) is 2.85. The Labute approximate surface area is 200 Å². The maximum Gasteiger partial charge on any atom is 0.278 e. The van der Waals surface area contributed by atoms with Crippen molar-refractivity contribution in [2.75, 3.05) is 19.6 Å². The van der Waals surface area contributed by atoms with Crippen molar-refractivity contribution in [2.24, 2.45) is 11.8 Å². The Balaban J connectivity index is 0.00000259. The summed E-state index contributed by atoms with van der Waals surface area (Å²) in [6.45, 7) is 3.47. The van der Waals surface area contributed by atoms with E-state index in [4.69, 9.17) is 0 Å². The smallest absolute Gasteiger partial charge is 0.278 e. The lowest BCUT2D eigenvalue weighted by molar-refractivity contribution is -0.960. The van der Waals surface area contributed by atoms with E-state index >= 15 is 0 Å². The lowest BCUT2D eigenvalue weighted by atomic mass is 9.64. The van der Waals surface area contributed by atoms with E-state index in [2.05, 4.69) is 0 Å². The van der Waals surface area contributed by atoms with E-state index < -0.39 is 5.60 Å². The van der Waals surface area contributed by atoms with Gasteiger partial charge in [0, 0.05) is 24.8 Å². The van der Waals surface area contributed by atoms with Crippen LogP contribution < -0.4 is 12.4 Å². The summed E-state index contributed by atoms with van der Waals surface area (Å²) in [5, 5.41) is 24.0. The molecule has 0 aromatic heterocycles. The van der Waals surface area contributed by atoms with Gasteiger partial charge in [-0.2, -0.15) is 0 Å². The molecule has 2 bridgehead atoms. The fourth-order valence-corrected chi connectivity index (χ4v) is 6.15. The molecule has 6 rings (SSSR count). The molecule has 1 atom stereocenters. The molecule has 0 aliphatic carbocycles. The summed E-state index contributed by atoms with van der Waals surface area (Å²) in [6.07, 6.45) is 2.07. The number of nitro groups is 1. The van der Waals surface area contributed by atoms with Gasteiger partial charge in [0.1, 0.15) is 12.1 Å². The Hall–Kier alpha value is -2.73. The molecule has 0 spiro atoms. The number of piperidine rings is 3. The number of para-hydroxylation sites is 1. The van der Waals surface area contributed by atoms with Crippen LogP contribution >= 0.6 is 0 Å². The van der Waals surface area contributed by atoms with Gasteiger partial charge >= 0.3 is 0 Å². The molecule has 1 N–H and O–H groups in total. The molecule has 3 aromatic carbocycles. The Morgan fingerprint density at radius 2 is 1.39 bits per heavy atom. The van der Waals surface area contributed by atoms with Gasteiger partial charge in [-0.1, -0.05) is 72.8 Å². The van der Waals surface area contributed by atoms with Crippen LogP contribution in [0.25, 0.3) is 0 Å². The summed E-state index contributed by atoms with van der Waals surface area (Å²) in [5.41, 5.74) is 1.76. The highest BCUT2D eigenvalue weighted by Gasteiger charge is 2.55. The van der Waals surface area contributed by atoms with Crippen molar-refractivity contribution >= 4 is 5.69 Å². The lowest BCUT2D eigenvalue weighted by Gasteiger charge is -2.56. The highest BCUT2D eigenvalue weighted by molar-refractivity contribution is 5.40. The van der Waals surface area contributed by atoms with Crippen molar-refractivity contribution in [1.29, 1.82) is 0 Å². The van der Waals surface area contributed by atoms with Gasteiger partial charge in [-0.25, -0.2) is 0 Å². The number of nitrogens with zero attached hydrogens (tertiary/aromatic N) is 2. The van der Waals surface area contributed by atoms with Crippen molar-refractivity contribution in [3.63, 3.8) is 0 Å². The van der Waals surface area contributed by atoms with Crippen LogP contribution in [0.15, 0.2) is 84.9 Å². The van der Waals surface area contributed by atoms with Crippen LogP contribution in [-0.4, -0.2) is 34.1 Å². The zero-order chi connectivity index (χ0) is 22.2. The van der Waals surface area contributed by atoms with E-state index in [0.29, 0.717) is 12.5 Å². The number of nitro benzene ring substituents is 1. The van der Waals surface area contributed by atoms with E-state index in [-0.39, 0.29) is 28.9 Å². The number of halogens is 1. The molecule has 0 amide bonds. The fraction of sp³-hybridized carbons (Fsp3) is 0.333. The van der Waals surface area contributed by atoms with Gasteiger partial charge in [0.15, 0.2) is 0 Å². The lowest BCUT2D eigenvalue weighted by Crippen LogP contribution is -3.00. The van der Waals surface area contributed by atoms with Gasteiger partial charge in [0.25, 0.3) is 5.69 Å². The number of hydrogen-bond donors (Lipinski definition) is 1. The SMILES string of the molecule is O=[N+]([O-])c1ccccc1C[N+]12CCC(CC1)C(C(O)(c1ccccc1)c1ccccc1)C2.[Cl-]. The topological polar surface area (TPSA) is 63.4 Å². The van der Waals surface area contributed by atoms with Gasteiger partial charge in [0.2, 0.25) is 0 Å². The molecular weight excluding hydrogens is 436 g/mol. The molecular formula is C27H29ClN2O3. The van der Waals surface area contributed by atoms with E-state index in [1.165, 1.54) is 0 Å². The molecule has 1 unspecified atom stereocenters. The van der Waals surface area contributed by atoms with Crippen molar-refractivity contribution < 1.29 is 26.9 Å². The van der Waals surface area contributed by atoms with E-state index in [1.54, 1.807) is 12.1 Å². The molecule has 0 radical (unpaired) electrons. The number of aliphatic hydroxyl groups is 1. The first-order valence-corrected chi connectivity index (χ1v) is 11.4. The van der Waals surface area contributed by atoms with Gasteiger partial charge in [-0.15, -0.1) is 0 Å². The summed E-state index contributed by atoms with van der Waals surface area (Å²) in [7, 11) is 0. The van der Waals surface area contributed by atoms with Gasteiger partial charge in [-0.3, -0.25) is 10.1 Å². The van der Waals surface area contributed by atoms with Crippen LogP contribution in [0, 0.1) is 22.0 Å². The molecule has 172 valence electrons. The van der Waals surface area contributed by atoms with Gasteiger partial charge in [0.05, 0.1) is 30.1 Å². The van der Waals surface area contributed by atoms with E-state index in [9.17, 15) is 15.2 Å². The molecule has 0 saturated carbocycles. The Morgan fingerprint density at radius 3 is 1.94 bits per heavy atom. The maximum absolute atomic E-state index is 12.4. The number of benzene rings is 3. The molecule has 3 aliphatic rings. The normalized spacial score (nSPS) is 24.2. The summed E-state index contributed by atoms with van der Waals surface area (Å²) >= 11 is 0. The third-order valence-corrected chi connectivity index (χ3v) is 7.76. The second-order valence-corrected chi connectivity index (χ2v) is 9.46. The predicted molar refractivity (Wildman–Crippen MR) is 124 cm³/mol. The third kappa shape index (κ3) is 4.17. The van der Waals surface area contributed by atoms with Gasteiger partial charge < -0.3 is 22.0 Å².